The normalized spacial score (nSPS) is 11.0. The fourth-order valence-corrected chi connectivity index (χ4v) is 4.34. The lowest BCUT2D eigenvalue weighted by Crippen LogP contribution is -2.13. The molecule has 4 aromatic rings. The van der Waals surface area contributed by atoms with Crippen LogP contribution < -0.4 is 19.5 Å². The zero-order chi connectivity index (χ0) is 29.2. The van der Waals surface area contributed by atoms with Crippen LogP contribution in [0.3, 0.4) is 0 Å². The molecular formula is C32H25Cl3N2O4. The van der Waals surface area contributed by atoms with Gasteiger partial charge < -0.3 is 19.5 Å². The Kier molecular flexibility index (Phi) is 10.5. The lowest BCUT2D eigenvalue weighted by Gasteiger charge is -2.15. The number of halogens is 3. The topological polar surface area (TPSA) is 80.6 Å². The third kappa shape index (κ3) is 8.42. The van der Waals surface area contributed by atoms with Crippen LogP contribution in [0.5, 0.6) is 17.2 Å². The summed E-state index contributed by atoms with van der Waals surface area (Å²) in [6, 6.07) is 27.1. The second-order valence-corrected chi connectivity index (χ2v) is 9.94. The first-order valence-electron chi connectivity index (χ1n) is 12.6. The Labute approximate surface area is 253 Å². The largest absolute Gasteiger partial charge is 0.490 e. The summed E-state index contributed by atoms with van der Waals surface area (Å²) in [7, 11) is 0. The maximum absolute atomic E-state index is 12.9. The molecule has 0 aliphatic heterocycles. The molecule has 0 aliphatic carbocycles. The van der Waals surface area contributed by atoms with Crippen molar-refractivity contribution in [2.24, 2.45) is 0 Å². The standard InChI is InChI=1S/C32H25Cl3N2O4/c1-2-39-30-17-23(16-29(35)31(30)41-20-22-8-13-27(33)28(34)15-22)14-24(18-36)32(38)37-25-9-11-26(12-10-25)40-19-21-6-4-3-5-7-21/h3-17H,2,19-20H2,1H3,(H,37,38)/b24-14+. The van der Waals surface area contributed by atoms with Gasteiger partial charge in [-0.3, -0.25) is 4.79 Å². The molecule has 0 bridgehead atoms. The third-order valence-corrected chi connectivity index (χ3v) is 6.76. The van der Waals surface area contributed by atoms with E-state index in [1.54, 1.807) is 54.6 Å². The molecule has 1 N–H and O–H groups in total. The van der Waals surface area contributed by atoms with Gasteiger partial charge in [0.2, 0.25) is 0 Å². The molecule has 0 spiro atoms. The molecule has 0 fully saturated rings. The first-order chi connectivity index (χ1) is 19.9. The van der Waals surface area contributed by atoms with Crippen molar-refractivity contribution in [1.29, 1.82) is 5.26 Å². The molecule has 208 valence electrons. The minimum atomic E-state index is -0.570. The number of nitrogens with one attached hydrogen (secondary N) is 1. The molecule has 4 aromatic carbocycles. The number of amides is 1. The van der Waals surface area contributed by atoms with Crippen molar-refractivity contribution in [2.75, 3.05) is 11.9 Å². The number of benzene rings is 4. The molecule has 0 aliphatic rings. The molecule has 9 heteroatoms. The molecule has 0 unspecified atom stereocenters. The van der Waals surface area contributed by atoms with Gasteiger partial charge in [0.15, 0.2) is 11.5 Å². The molecule has 0 saturated carbocycles. The fourth-order valence-electron chi connectivity index (χ4n) is 3.75. The number of nitriles is 1. The van der Waals surface area contributed by atoms with Crippen molar-refractivity contribution in [3.8, 4) is 23.3 Å². The van der Waals surface area contributed by atoms with Crippen LogP contribution in [0, 0.1) is 11.3 Å². The van der Waals surface area contributed by atoms with Crippen LogP contribution in [0.15, 0.2) is 90.5 Å². The Balaban J connectivity index is 1.45. The van der Waals surface area contributed by atoms with Gasteiger partial charge in [0.25, 0.3) is 5.91 Å². The lowest BCUT2D eigenvalue weighted by atomic mass is 10.1. The quantitative estimate of drug-likeness (QED) is 0.136. The lowest BCUT2D eigenvalue weighted by molar-refractivity contribution is -0.112. The van der Waals surface area contributed by atoms with E-state index in [1.807, 2.05) is 43.3 Å². The summed E-state index contributed by atoms with van der Waals surface area (Å²) in [6.07, 6.45) is 1.43. The Morgan fingerprint density at radius 2 is 1.56 bits per heavy atom. The highest BCUT2D eigenvalue weighted by molar-refractivity contribution is 6.42. The van der Waals surface area contributed by atoms with Crippen molar-refractivity contribution in [1.82, 2.24) is 0 Å². The number of rotatable bonds is 11. The fraction of sp³-hybridized carbons (Fsp3) is 0.125. The van der Waals surface area contributed by atoms with Gasteiger partial charge in [-0.2, -0.15) is 5.26 Å². The molecule has 41 heavy (non-hydrogen) atoms. The van der Waals surface area contributed by atoms with Crippen LogP contribution in [0.2, 0.25) is 15.1 Å². The monoisotopic (exact) mass is 606 g/mol. The average Bonchev–Trinajstić information content (AvgIpc) is 2.97. The minimum absolute atomic E-state index is 0.114. The SMILES string of the molecule is CCOc1cc(/C=C(\C#N)C(=O)Nc2ccc(OCc3ccccc3)cc2)cc(Cl)c1OCc1ccc(Cl)c(Cl)c1. The molecule has 0 atom stereocenters. The Morgan fingerprint density at radius 1 is 0.829 bits per heavy atom. The van der Waals surface area contributed by atoms with Crippen LogP contribution >= 0.6 is 34.8 Å². The van der Waals surface area contributed by atoms with Crippen LogP contribution in [0.1, 0.15) is 23.6 Å². The average molecular weight is 608 g/mol. The molecule has 0 aromatic heterocycles. The summed E-state index contributed by atoms with van der Waals surface area (Å²) in [4.78, 5) is 12.9. The van der Waals surface area contributed by atoms with E-state index in [9.17, 15) is 10.1 Å². The first kappa shape index (κ1) is 29.8. The summed E-state index contributed by atoms with van der Waals surface area (Å²) >= 11 is 18.6. The van der Waals surface area contributed by atoms with Crippen LogP contribution in [0.4, 0.5) is 5.69 Å². The number of anilines is 1. The van der Waals surface area contributed by atoms with Gasteiger partial charge >= 0.3 is 0 Å². The third-order valence-electron chi connectivity index (χ3n) is 5.74. The molecule has 6 nitrogen and oxygen atoms in total. The van der Waals surface area contributed by atoms with E-state index in [2.05, 4.69) is 5.32 Å². The van der Waals surface area contributed by atoms with Gasteiger partial charge in [-0.25, -0.2) is 0 Å². The predicted octanol–water partition coefficient (Wildman–Crippen LogP) is 8.75. The summed E-state index contributed by atoms with van der Waals surface area (Å²) in [6.45, 7) is 2.78. The summed E-state index contributed by atoms with van der Waals surface area (Å²) in [5, 5.41) is 13.5. The summed E-state index contributed by atoms with van der Waals surface area (Å²) in [5.41, 5.74) is 2.74. The van der Waals surface area contributed by atoms with E-state index in [0.29, 0.717) is 51.8 Å². The second-order valence-electron chi connectivity index (χ2n) is 8.72. The Bertz CT molecular complexity index is 1580. The zero-order valence-electron chi connectivity index (χ0n) is 22.0. The number of carbonyl (C=O) groups is 1. The van der Waals surface area contributed by atoms with E-state index >= 15 is 0 Å². The maximum Gasteiger partial charge on any atom is 0.266 e. The van der Waals surface area contributed by atoms with Gasteiger partial charge in [0, 0.05) is 5.69 Å². The molecule has 0 heterocycles. The summed E-state index contributed by atoms with van der Waals surface area (Å²) < 4.78 is 17.5. The smallest absolute Gasteiger partial charge is 0.266 e. The van der Waals surface area contributed by atoms with Crippen molar-refractivity contribution < 1.29 is 19.0 Å². The number of hydrogen-bond donors (Lipinski definition) is 1. The van der Waals surface area contributed by atoms with E-state index < -0.39 is 5.91 Å². The van der Waals surface area contributed by atoms with Crippen LogP contribution in [0.25, 0.3) is 6.08 Å². The number of ether oxygens (including phenoxy) is 3. The molecule has 0 radical (unpaired) electrons. The van der Waals surface area contributed by atoms with Gasteiger partial charge in [0.1, 0.15) is 30.6 Å². The molecule has 1 amide bonds. The van der Waals surface area contributed by atoms with Crippen molar-refractivity contribution in [3.05, 3.63) is 122 Å². The highest BCUT2D eigenvalue weighted by Crippen LogP contribution is 2.38. The highest BCUT2D eigenvalue weighted by Gasteiger charge is 2.15. The number of hydrogen-bond acceptors (Lipinski definition) is 5. The van der Waals surface area contributed by atoms with E-state index in [1.165, 1.54) is 6.08 Å². The van der Waals surface area contributed by atoms with Crippen molar-refractivity contribution >= 4 is 52.5 Å². The van der Waals surface area contributed by atoms with E-state index in [0.717, 1.165) is 11.1 Å². The molecule has 4 rings (SSSR count). The van der Waals surface area contributed by atoms with E-state index in [-0.39, 0.29) is 17.2 Å². The Morgan fingerprint density at radius 3 is 2.24 bits per heavy atom. The number of nitrogens with zero attached hydrogens (tertiary/aromatic N) is 1. The Hall–Kier alpha value is -4.15. The van der Waals surface area contributed by atoms with Gasteiger partial charge in [0.05, 0.1) is 21.7 Å². The summed E-state index contributed by atoms with van der Waals surface area (Å²) in [5.74, 6) is 0.784. The zero-order valence-corrected chi connectivity index (χ0v) is 24.3. The maximum atomic E-state index is 12.9. The van der Waals surface area contributed by atoms with Crippen LogP contribution in [-0.2, 0) is 18.0 Å². The van der Waals surface area contributed by atoms with Gasteiger partial charge in [-0.1, -0.05) is 71.2 Å². The second kappa shape index (κ2) is 14.5. The van der Waals surface area contributed by atoms with Gasteiger partial charge in [-0.05, 0) is 78.2 Å². The van der Waals surface area contributed by atoms with Crippen molar-refractivity contribution in [3.63, 3.8) is 0 Å². The number of carbonyl (C=O) groups excluding carboxylic acids is 1. The van der Waals surface area contributed by atoms with Gasteiger partial charge in [-0.15, -0.1) is 0 Å². The predicted molar refractivity (Wildman–Crippen MR) is 163 cm³/mol. The van der Waals surface area contributed by atoms with Crippen LogP contribution in [-0.4, -0.2) is 12.5 Å². The molecular weight excluding hydrogens is 583 g/mol. The minimum Gasteiger partial charge on any atom is -0.490 e. The van der Waals surface area contributed by atoms with Crippen molar-refractivity contribution in [2.45, 2.75) is 20.1 Å². The first-order valence-corrected chi connectivity index (χ1v) is 13.7. The molecule has 0 saturated heterocycles. The highest BCUT2D eigenvalue weighted by atomic mass is 35.5. The van der Waals surface area contributed by atoms with E-state index in [4.69, 9.17) is 49.0 Å².